The molecule has 2 N–H and O–H groups in total. The summed E-state index contributed by atoms with van der Waals surface area (Å²) in [5.74, 6) is -0.429. The molecule has 0 saturated carbocycles. The molecule has 0 aliphatic rings. The van der Waals surface area contributed by atoms with Crippen LogP contribution in [0.3, 0.4) is 0 Å². The van der Waals surface area contributed by atoms with Crippen molar-refractivity contribution in [1.82, 2.24) is 14.5 Å². The maximum absolute atomic E-state index is 13.4. The van der Waals surface area contributed by atoms with Gasteiger partial charge < -0.3 is 15.2 Å². The number of nitrogen functional groups attached to an aromatic ring is 1. The summed E-state index contributed by atoms with van der Waals surface area (Å²) in [6, 6.07) is 15.1. The Morgan fingerprint density at radius 2 is 1.71 bits per heavy atom. The number of halogens is 3. The maximum atomic E-state index is 13.4. The van der Waals surface area contributed by atoms with Gasteiger partial charge in [-0.2, -0.15) is 13.2 Å². The third kappa shape index (κ3) is 4.95. The van der Waals surface area contributed by atoms with Crippen LogP contribution in [0.2, 0.25) is 0 Å². The highest BCUT2D eigenvalue weighted by Gasteiger charge is 2.34. The minimum Gasteiger partial charge on any atom is -0.397 e. The summed E-state index contributed by atoms with van der Waals surface area (Å²) >= 11 is 1.54. The zero-order valence-corrected chi connectivity index (χ0v) is 20.4. The molecule has 0 aliphatic carbocycles. The summed E-state index contributed by atoms with van der Waals surface area (Å²) in [4.78, 5) is 19.3. The van der Waals surface area contributed by atoms with Gasteiger partial charge in [-0.05, 0) is 25.5 Å². The van der Waals surface area contributed by atoms with Crippen molar-refractivity contribution >= 4 is 22.9 Å². The highest BCUT2D eigenvalue weighted by molar-refractivity contribution is 7.13. The number of benzene rings is 2. The number of carbonyl (C=O) groups is 1. The first-order chi connectivity index (χ1) is 16.6. The van der Waals surface area contributed by atoms with E-state index in [2.05, 4.69) is 0 Å². The number of amides is 1. The van der Waals surface area contributed by atoms with Crippen molar-refractivity contribution in [2.24, 2.45) is 0 Å². The van der Waals surface area contributed by atoms with Crippen LogP contribution in [0.15, 0.2) is 60.0 Å². The quantitative estimate of drug-likeness (QED) is 0.347. The Kier molecular flexibility index (Phi) is 6.71. The fraction of sp³-hybridized carbons (Fsp3) is 0.231. The van der Waals surface area contributed by atoms with Crippen LogP contribution in [0.1, 0.15) is 38.6 Å². The monoisotopic (exact) mass is 498 g/mol. The van der Waals surface area contributed by atoms with Crippen molar-refractivity contribution in [3.63, 3.8) is 0 Å². The summed E-state index contributed by atoms with van der Waals surface area (Å²) in [5, 5.41) is 2.87. The van der Waals surface area contributed by atoms with E-state index in [1.165, 1.54) is 41.5 Å². The van der Waals surface area contributed by atoms with Gasteiger partial charge in [-0.15, -0.1) is 11.3 Å². The molecule has 0 bridgehead atoms. The van der Waals surface area contributed by atoms with Gasteiger partial charge in [0.15, 0.2) is 0 Å². The minimum absolute atomic E-state index is 0.0270. The number of hydrogen-bond acceptors (Lipinski definition) is 4. The number of thiazole rings is 1. The average molecular weight is 499 g/mol. The molecule has 0 saturated heterocycles. The number of rotatable bonds is 6. The second kappa shape index (κ2) is 9.58. The molecule has 0 fully saturated rings. The molecular formula is C26H25F3N4OS. The number of carbonyl (C=O) groups excluding carboxylic acids is 1. The zero-order chi connectivity index (χ0) is 25.3. The van der Waals surface area contributed by atoms with Gasteiger partial charge in [0.1, 0.15) is 5.01 Å². The first-order valence-corrected chi connectivity index (χ1v) is 11.8. The van der Waals surface area contributed by atoms with Gasteiger partial charge in [-0.25, -0.2) is 4.98 Å². The molecule has 0 radical (unpaired) electrons. The molecule has 0 aliphatic heterocycles. The van der Waals surface area contributed by atoms with Gasteiger partial charge >= 0.3 is 6.18 Å². The van der Waals surface area contributed by atoms with Gasteiger partial charge in [0.25, 0.3) is 5.91 Å². The zero-order valence-electron chi connectivity index (χ0n) is 19.6. The Bertz CT molecular complexity index is 1360. The van der Waals surface area contributed by atoms with Crippen LogP contribution in [0, 0.1) is 13.8 Å². The van der Waals surface area contributed by atoms with Gasteiger partial charge in [0, 0.05) is 35.9 Å². The molecule has 0 atom stereocenters. The molecule has 4 rings (SSSR count). The summed E-state index contributed by atoms with van der Waals surface area (Å²) in [7, 11) is 1.48. The Morgan fingerprint density at radius 3 is 2.40 bits per heavy atom. The number of nitrogens with two attached hydrogens (primary N) is 1. The number of nitrogens with zero attached hydrogens (tertiary/aromatic N) is 3. The van der Waals surface area contributed by atoms with Crippen molar-refractivity contribution < 1.29 is 18.0 Å². The van der Waals surface area contributed by atoms with Gasteiger partial charge in [0.2, 0.25) is 0 Å². The van der Waals surface area contributed by atoms with Crippen LogP contribution >= 0.6 is 11.3 Å². The van der Waals surface area contributed by atoms with Crippen LogP contribution in [-0.2, 0) is 19.3 Å². The molecule has 2 aromatic carbocycles. The summed E-state index contributed by atoms with van der Waals surface area (Å²) in [6.45, 7) is 3.85. The molecule has 9 heteroatoms. The topological polar surface area (TPSA) is 64.2 Å². The molecule has 0 unspecified atom stereocenters. The predicted octanol–water partition coefficient (Wildman–Crippen LogP) is 6.15. The highest BCUT2D eigenvalue weighted by Crippen LogP contribution is 2.33. The van der Waals surface area contributed by atoms with Gasteiger partial charge in [-0.1, -0.05) is 48.5 Å². The lowest BCUT2D eigenvalue weighted by Crippen LogP contribution is -2.28. The SMILES string of the molecule is Cc1c(N)c(C(=O)N(C)Cc2ccccc2C(F)(F)F)c(C)n1Cc1csc(-c2ccccc2)n1. The van der Waals surface area contributed by atoms with E-state index in [9.17, 15) is 18.0 Å². The van der Waals surface area contributed by atoms with E-state index in [0.717, 1.165) is 22.3 Å². The molecular weight excluding hydrogens is 473 g/mol. The molecule has 182 valence electrons. The summed E-state index contributed by atoms with van der Waals surface area (Å²) in [5.41, 5.74) is 9.44. The number of aromatic nitrogens is 2. The van der Waals surface area contributed by atoms with Crippen molar-refractivity contribution in [1.29, 1.82) is 0 Å². The van der Waals surface area contributed by atoms with Crippen LogP contribution in [-0.4, -0.2) is 27.4 Å². The third-order valence-electron chi connectivity index (χ3n) is 6.01. The van der Waals surface area contributed by atoms with E-state index in [-0.39, 0.29) is 12.1 Å². The Labute approximate surface area is 205 Å². The average Bonchev–Trinajstić information content (AvgIpc) is 3.38. The number of alkyl halides is 3. The second-order valence-corrected chi connectivity index (χ2v) is 9.23. The smallest absolute Gasteiger partial charge is 0.397 e. The van der Waals surface area contributed by atoms with Gasteiger partial charge in [0.05, 0.1) is 29.1 Å². The van der Waals surface area contributed by atoms with Crippen LogP contribution < -0.4 is 5.73 Å². The van der Waals surface area contributed by atoms with E-state index >= 15 is 0 Å². The van der Waals surface area contributed by atoms with Crippen molar-refractivity contribution in [2.45, 2.75) is 33.1 Å². The number of hydrogen-bond donors (Lipinski definition) is 1. The standard InChI is InChI=1S/C26H25F3N4OS/c1-16-22(25(34)32(3)13-19-11-7-8-12-21(19)26(27,28)29)23(30)17(2)33(16)14-20-15-35-24(31-20)18-9-5-4-6-10-18/h4-12,15H,13-14,30H2,1-3H3. The maximum Gasteiger partial charge on any atom is 0.416 e. The van der Waals surface area contributed by atoms with E-state index in [1.54, 1.807) is 6.92 Å². The molecule has 35 heavy (non-hydrogen) atoms. The number of anilines is 1. The second-order valence-electron chi connectivity index (χ2n) is 8.37. The van der Waals surface area contributed by atoms with E-state index in [4.69, 9.17) is 10.7 Å². The van der Waals surface area contributed by atoms with Crippen molar-refractivity contribution in [3.8, 4) is 10.6 Å². The molecule has 5 nitrogen and oxygen atoms in total. The van der Waals surface area contributed by atoms with Crippen LogP contribution in [0.5, 0.6) is 0 Å². The van der Waals surface area contributed by atoms with Crippen LogP contribution in [0.25, 0.3) is 10.6 Å². The normalized spacial score (nSPS) is 11.6. The van der Waals surface area contributed by atoms with Gasteiger partial charge in [-0.3, -0.25) is 4.79 Å². The predicted molar refractivity (Wildman–Crippen MR) is 132 cm³/mol. The summed E-state index contributed by atoms with van der Waals surface area (Å²) < 4.78 is 42.1. The fourth-order valence-corrected chi connectivity index (χ4v) is 4.94. The van der Waals surface area contributed by atoms with Crippen molar-refractivity contribution in [3.05, 3.63) is 93.7 Å². The van der Waals surface area contributed by atoms with E-state index < -0.39 is 17.6 Å². The van der Waals surface area contributed by atoms with E-state index in [0.29, 0.717) is 29.2 Å². The van der Waals surface area contributed by atoms with E-state index in [1.807, 2.05) is 47.2 Å². The van der Waals surface area contributed by atoms with Crippen molar-refractivity contribution in [2.75, 3.05) is 12.8 Å². The first-order valence-electron chi connectivity index (χ1n) is 10.9. The molecule has 1 amide bonds. The first kappa shape index (κ1) is 24.5. The Morgan fingerprint density at radius 1 is 1.06 bits per heavy atom. The minimum atomic E-state index is -4.50. The third-order valence-corrected chi connectivity index (χ3v) is 6.95. The fourth-order valence-electron chi connectivity index (χ4n) is 4.12. The largest absolute Gasteiger partial charge is 0.416 e. The summed E-state index contributed by atoms with van der Waals surface area (Å²) in [6.07, 6.45) is -4.50. The Balaban J connectivity index is 1.58. The molecule has 0 spiro atoms. The lowest BCUT2D eigenvalue weighted by Gasteiger charge is -2.20. The lowest BCUT2D eigenvalue weighted by atomic mass is 10.1. The van der Waals surface area contributed by atoms with Crippen LogP contribution in [0.4, 0.5) is 18.9 Å². The Hall–Kier alpha value is -3.59. The lowest BCUT2D eigenvalue weighted by molar-refractivity contribution is -0.138. The molecule has 2 heterocycles. The molecule has 4 aromatic rings. The highest BCUT2D eigenvalue weighted by atomic mass is 32.1. The molecule has 2 aromatic heterocycles.